The number of hydrogen-bond donors (Lipinski definition) is 0. The van der Waals surface area contributed by atoms with Gasteiger partial charge in [0.05, 0.1) is 0 Å². The van der Waals surface area contributed by atoms with Gasteiger partial charge >= 0.3 is 6.16 Å². The first-order chi connectivity index (χ1) is 8.55. The number of para-hydroxylation sites is 1. The molecule has 1 aromatic rings. The van der Waals surface area contributed by atoms with Gasteiger partial charge in [0.15, 0.2) is 5.76 Å². The number of carbonyl (C=O) groups is 1. The highest BCUT2D eigenvalue weighted by Crippen LogP contribution is 2.20. The van der Waals surface area contributed by atoms with Gasteiger partial charge in [0.2, 0.25) is 5.79 Å². The normalized spacial score (nSPS) is 17.3. The van der Waals surface area contributed by atoms with Crippen LogP contribution in [0.25, 0.3) is 0 Å². The lowest BCUT2D eigenvalue weighted by Gasteiger charge is -2.28. The second kappa shape index (κ2) is 5.10. The van der Waals surface area contributed by atoms with Gasteiger partial charge in [-0.15, -0.1) is 0 Å². The van der Waals surface area contributed by atoms with Gasteiger partial charge in [0, 0.05) is 13.8 Å². The summed E-state index contributed by atoms with van der Waals surface area (Å²) in [4.78, 5) is 11.4. The highest BCUT2D eigenvalue weighted by molar-refractivity contribution is 5.65. The molecule has 0 spiro atoms. The summed E-state index contributed by atoms with van der Waals surface area (Å²) in [6, 6.07) is 8.67. The predicted molar refractivity (Wildman–Crippen MR) is 62.8 cm³/mol. The van der Waals surface area contributed by atoms with E-state index in [0.717, 1.165) is 0 Å². The third-order valence-corrected chi connectivity index (χ3v) is 2.20. The van der Waals surface area contributed by atoms with E-state index in [1.54, 1.807) is 38.1 Å². The second-order valence-electron chi connectivity index (χ2n) is 4.16. The Morgan fingerprint density at radius 2 is 1.94 bits per heavy atom. The summed E-state index contributed by atoms with van der Waals surface area (Å²) in [7, 11) is 0. The molecule has 1 aliphatic heterocycles. The van der Waals surface area contributed by atoms with Crippen LogP contribution in [0.4, 0.5) is 4.79 Å². The molecule has 0 unspecified atom stereocenters. The summed E-state index contributed by atoms with van der Waals surface area (Å²) in [5.41, 5.74) is 0. The van der Waals surface area contributed by atoms with Crippen molar-refractivity contribution in [2.24, 2.45) is 0 Å². The van der Waals surface area contributed by atoms with Crippen molar-refractivity contribution in [3.05, 3.63) is 42.4 Å². The first kappa shape index (κ1) is 12.4. The molecule has 0 saturated heterocycles. The summed E-state index contributed by atoms with van der Waals surface area (Å²) >= 11 is 0. The van der Waals surface area contributed by atoms with Crippen molar-refractivity contribution in [3.63, 3.8) is 0 Å². The van der Waals surface area contributed by atoms with Gasteiger partial charge in [0.1, 0.15) is 18.6 Å². The smallest absolute Gasteiger partial charge is 0.467 e. The monoisotopic (exact) mass is 250 g/mol. The molecule has 0 saturated carbocycles. The molecule has 0 fully saturated rings. The molecule has 18 heavy (non-hydrogen) atoms. The van der Waals surface area contributed by atoms with Crippen molar-refractivity contribution in [1.82, 2.24) is 0 Å². The Kier molecular flexibility index (Phi) is 3.53. The Bertz CT molecular complexity index is 450. The maximum Gasteiger partial charge on any atom is 0.519 e. The van der Waals surface area contributed by atoms with Crippen LogP contribution in [0.5, 0.6) is 5.75 Å². The zero-order valence-electron chi connectivity index (χ0n) is 10.2. The van der Waals surface area contributed by atoms with Gasteiger partial charge in [0.25, 0.3) is 0 Å². The summed E-state index contributed by atoms with van der Waals surface area (Å²) < 4.78 is 20.4. The molecule has 5 heteroatoms. The summed E-state index contributed by atoms with van der Waals surface area (Å²) in [5, 5.41) is 0. The predicted octanol–water partition coefficient (Wildman–Crippen LogP) is 2.83. The first-order valence-electron chi connectivity index (χ1n) is 5.51. The van der Waals surface area contributed by atoms with E-state index in [1.807, 2.05) is 6.07 Å². The van der Waals surface area contributed by atoms with E-state index >= 15 is 0 Å². The Hall–Kier alpha value is -2.01. The van der Waals surface area contributed by atoms with Gasteiger partial charge < -0.3 is 18.9 Å². The lowest BCUT2D eigenvalue weighted by Crippen LogP contribution is -2.32. The van der Waals surface area contributed by atoms with E-state index in [1.165, 1.54) is 6.26 Å². The fourth-order valence-electron chi connectivity index (χ4n) is 1.29. The van der Waals surface area contributed by atoms with Crippen molar-refractivity contribution < 1.29 is 23.7 Å². The van der Waals surface area contributed by atoms with E-state index in [9.17, 15) is 4.79 Å². The number of rotatable bonds is 2. The fourth-order valence-corrected chi connectivity index (χ4v) is 1.29. The second-order valence-corrected chi connectivity index (χ2v) is 4.16. The molecule has 2 rings (SSSR count). The molecule has 5 nitrogen and oxygen atoms in total. The van der Waals surface area contributed by atoms with E-state index in [2.05, 4.69) is 0 Å². The van der Waals surface area contributed by atoms with Gasteiger partial charge in [-0.25, -0.2) is 4.79 Å². The molecule has 0 bridgehead atoms. The van der Waals surface area contributed by atoms with Crippen molar-refractivity contribution in [1.29, 1.82) is 0 Å². The fraction of sp³-hybridized carbons (Fsp3) is 0.308. The highest BCUT2D eigenvalue weighted by Gasteiger charge is 2.25. The van der Waals surface area contributed by atoms with Gasteiger partial charge in [-0.3, -0.25) is 0 Å². The van der Waals surface area contributed by atoms with Crippen LogP contribution in [-0.2, 0) is 14.2 Å². The van der Waals surface area contributed by atoms with Crippen molar-refractivity contribution >= 4 is 6.16 Å². The van der Waals surface area contributed by atoms with Crippen LogP contribution in [0.3, 0.4) is 0 Å². The molecule has 0 aliphatic carbocycles. The number of hydrogen-bond acceptors (Lipinski definition) is 5. The lowest BCUT2D eigenvalue weighted by molar-refractivity contribution is -0.197. The van der Waals surface area contributed by atoms with E-state index in [-0.39, 0.29) is 12.4 Å². The third-order valence-electron chi connectivity index (χ3n) is 2.20. The van der Waals surface area contributed by atoms with Gasteiger partial charge in [-0.2, -0.15) is 0 Å². The molecular formula is C13H14O5. The average molecular weight is 250 g/mol. The van der Waals surface area contributed by atoms with E-state index < -0.39 is 11.9 Å². The number of carbonyl (C=O) groups excluding carboxylic acids is 1. The molecule has 1 aromatic carbocycles. The van der Waals surface area contributed by atoms with Gasteiger partial charge in [-0.1, -0.05) is 18.2 Å². The average Bonchev–Trinajstić information content (AvgIpc) is 2.33. The van der Waals surface area contributed by atoms with Crippen molar-refractivity contribution in [2.75, 3.05) is 6.61 Å². The molecule has 96 valence electrons. The molecule has 0 aromatic heterocycles. The highest BCUT2D eigenvalue weighted by atomic mass is 16.8. The molecule has 0 atom stereocenters. The molecule has 1 aliphatic rings. The summed E-state index contributed by atoms with van der Waals surface area (Å²) in [6.45, 7) is 3.70. The number of benzene rings is 1. The van der Waals surface area contributed by atoms with Crippen LogP contribution >= 0.6 is 0 Å². The minimum atomic E-state index is -0.820. The minimum Gasteiger partial charge on any atom is -0.467 e. The molecule has 0 N–H and O–H groups in total. The standard InChI is InChI=1S/C13H14O5/c1-13(2)15-8-11(9-16-13)18-12(14)17-10-6-4-3-5-7-10/h3-8H,9H2,1-2H3. The third kappa shape index (κ3) is 3.49. The zero-order valence-corrected chi connectivity index (χ0v) is 10.2. The SMILES string of the molecule is CC1(C)OC=C(OC(=O)Oc2ccccc2)CO1. The maximum absolute atomic E-state index is 11.4. The minimum absolute atomic E-state index is 0.164. The molecular weight excluding hydrogens is 236 g/mol. The number of ether oxygens (including phenoxy) is 4. The topological polar surface area (TPSA) is 54.0 Å². The quantitative estimate of drug-likeness (QED) is 0.596. The Morgan fingerprint density at radius 3 is 2.56 bits per heavy atom. The molecule has 0 amide bonds. The van der Waals surface area contributed by atoms with Crippen molar-refractivity contribution in [2.45, 2.75) is 19.6 Å². The van der Waals surface area contributed by atoms with Gasteiger partial charge in [-0.05, 0) is 12.1 Å². The summed E-state index contributed by atoms with van der Waals surface area (Å²) in [6.07, 6.45) is 0.537. The van der Waals surface area contributed by atoms with Crippen LogP contribution in [0.2, 0.25) is 0 Å². The lowest BCUT2D eigenvalue weighted by atomic mass is 10.3. The largest absolute Gasteiger partial charge is 0.519 e. The zero-order chi connectivity index (χ0) is 13.0. The maximum atomic E-state index is 11.4. The Balaban J connectivity index is 1.87. The Labute approximate surface area is 105 Å². The first-order valence-corrected chi connectivity index (χ1v) is 5.51. The Morgan fingerprint density at radius 1 is 1.22 bits per heavy atom. The van der Waals surface area contributed by atoms with Crippen LogP contribution in [0.15, 0.2) is 42.4 Å². The van der Waals surface area contributed by atoms with Crippen LogP contribution < -0.4 is 4.74 Å². The molecule has 1 heterocycles. The van der Waals surface area contributed by atoms with E-state index in [0.29, 0.717) is 5.75 Å². The van der Waals surface area contributed by atoms with Crippen LogP contribution in [0, 0.1) is 0 Å². The van der Waals surface area contributed by atoms with Crippen LogP contribution in [0.1, 0.15) is 13.8 Å². The van der Waals surface area contributed by atoms with E-state index in [4.69, 9.17) is 18.9 Å². The molecule has 0 radical (unpaired) electrons. The van der Waals surface area contributed by atoms with Crippen molar-refractivity contribution in [3.8, 4) is 5.75 Å². The van der Waals surface area contributed by atoms with Crippen LogP contribution in [-0.4, -0.2) is 18.5 Å². The summed E-state index contributed by atoms with van der Waals surface area (Å²) in [5.74, 6) is -0.00717.